The molecule has 0 unspecified atom stereocenters. The van der Waals surface area contributed by atoms with Crippen molar-refractivity contribution in [1.82, 2.24) is 0 Å². The molecule has 0 fully saturated rings. The van der Waals surface area contributed by atoms with Crippen LogP contribution in [0.2, 0.25) is 0 Å². The molecule has 14 heavy (non-hydrogen) atoms. The van der Waals surface area contributed by atoms with Crippen molar-refractivity contribution in [3.63, 3.8) is 0 Å². The van der Waals surface area contributed by atoms with Crippen molar-refractivity contribution in [3.05, 3.63) is 43.9 Å². The standard InChI is InChI=1S/C11H8BrIO/c12-11-7(6-14)5-10(13)8-3-1-2-4-9(8)11/h1-5,14H,6H2. The number of rotatable bonds is 1. The lowest BCUT2D eigenvalue weighted by Crippen LogP contribution is -1.89. The van der Waals surface area contributed by atoms with Crippen LogP contribution in [0.25, 0.3) is 10.8 Å². The molecule has 1 N–H and O–H groups in total. The molecule has 0 aliphatic heterocycles. The smallest absolute Gasteiger partial charge is 0.0693 e. The minimum Gasteiger partial charge on any atom is -0.392 e. The van der Waals surface area contributed by atoms with Crippen LogP contribution in [0.3, 0.4) is 0 Å². The summed E-state index contributed by atoms with van der Waals surface area (Å²) in [7, 11) is 0. The van der Waals surface area contributed by atoms with Crippen LogP contribution >= 0.6 is 38.5 Å². The van der Waals surface area contributed by atoms with Gasteiger partial charge >= 0.3 is 0 Å². The van der Waals surface area contributed by atoms with Gasteiger partial charge in [-0.05, 0) is 60.9 Å². The van der Waals surface area contributed by atoms with E-state index in [2.05, 4.69) is 50.7 Å². The number of aliphatic hydroxyl groups is 1. The molecule has 0 bridgehead atoms. The highest BCUT2D eigenvalue weighted by molar-refractivity contribution is 14.1. The second kappa shape index (κ2) is 4.16. The Morgan fingerprint density at radius 2 is 1.86 bits per heavy atom. The SMILES string of the molecule is OCc1cc(I)c2ccccc2c1Br. The zero-order valence-electron chi connectivity index (χ0n) is 7.30. The Balaban J connectivity index is 2.87. The average molecular weight is 363 g/mol. The van der Waals surface area contributed by atoms with Crippen molar-refractivity contribution >= 4 is 49.3 Å². The van der Waals surface area contributed by atoms with E-state index in [1.54, 1.807) is 0 Å². The van der Waals surface area contributed by atoms with Gasteiger partial charge in [-0.25, -0.2) is 0 Å². The molecule has 2 aromatic rings. The Kier molecular flexibility index (Phi) is 3.09. The van der Waals surface area contributed by atoms with Gasteiger partial charge in [0.2, 0.25) is 0 Å². The molecule has 2 rings (SSSR count). The fourth-order valence-corrected chi connectivity index (χ4v) is 2.90. The first-order chi connectivity index (χ1) is 6.74. The molecule has 3 heteroatoms. The minimum atomic E-state index is 0.0709. The summed E-state index contributed by atoms with van der Waals surface area (Å²) in [6.07, 6.45) is 0. The topological polar surface area (TPSA) is 20.2 Å². The Morgan fingerprint density at radius 3 is 2.50 bits per heavy atom. The zero-order chi connectivity index (χ0) is 10.1. The summed E-state index contributed by atoms with van der Waals surface area (Å²) < 4.78 is 2.17. The first-order valence-corrected chi connectivity index (χ1v) is 6.07. The van der Waals surface area contributed by atoms with Crippen LogP contribution in [0, 0.1) is 3.57 Å². The minimum absolute atomic E-state index is 0.0709. The van der Waals surface area contributed by atoms with Crippen LogP contribution in [-0.2, 0) is 6.61 Å². The highest BCUT2D eigenvalue weighted by atomic mass is 127. The lowest BCUT2D eigenvalue weighted by atomic mass is 10.1. The second-order valence-corrected chi connectivity index (χ2v) is 4.99. The van der Waals surface area contributed by atoms with Crippen molar-refractivity contribution in [2.45, 2.75) is 6.61 Å². The van der Waals surface area contributed by atoms with Crippen molar-refractivity contribution in [1.29, 1.82) is 0 Å². The molecule has 0 atom stereocenters. The third-order valence-electron chi connectivity index (χ3n) is 2.17. The lowest BCUT2D eigenvalue weighted by molar-refractivity contribution is 0.281. The summed E-state index contributed by atoms with van der Waals surface area (Å²) >= 11 is 5.80. The Labute approximate surface area is 104 Å². The van der Waals surface area contributed by atoms with Gasteiger partial charge in [-0.1, -0.05) is 24.3 Å². The first kappa shape index (κ1) is 10.4. The lowest BCUT2D eigenvalue weighted by Gasteiger charge is -2.07. The molecule has 0 saturated carbocycles. The van der Waals surface area contributed by atoms with Crippen molar-refractivity contribution in [2.75, 3.05) is 0 Å². The van der Waals surface area contributed by atoms with E-state index in [1.165, 1.54) is 8.96 Å². The van der Waals surface area contributed by atoms with Crippen LogP contribution in [-0.4, -0.2) is 5.11 Å². The molecule has 0 aromatic heterocycles. The summed E-state index contributed by atoms with van der Waals surface area (Å²) in [5.41, 5.74) is 0.938. The Morgan fingerprint density at radius 1 is 1.21 bits per heavy atom. The van der Waals surface area contributed by atoms with Crippen molar-refractivity contribution in [2.24, 2.45) is 0 Å². The summed E-state index contributed by atoms with van der Waals surface area (Å²) in [5.74, 6) is 0. The summed E-state index contributed by atoms with van der Waals surface area (Å²) in [5, 5.41) is 11.5. The fourth-order valence-electron chi connectivity index (χ4n) is 1.46. The summed E-state index contributed by atoms with van der Waals surface area (Å²) in [6, 6.07) is 10.2. The maximum Gasteiger partial charge on any atom is 0.0693 e. The molecule has 0 radical (unpaired) electrons. The quantitative estimate of drug-likeness (QED) is 0.767. The molecule has 0 spiro atoms. The summed E-state index contributed by atoms with van der Waals surface area (Å²) in [6.45, 7) is 0.0709. The van der Waals surface area contributed by atoms with E-state index in [0.29, 0.717) is 0 Å². The van der Waals surface area contributed by atoms with Gasteiger partial charge in [-0.2, -0.15) is 0 Å². The largest absolute Gasteiger partial charge is 0.392 e. The molecule has 0 amide bonds. The van der Waals surface area contributed by atoms with Gasteiger partial charge in [0.05, 0.1) is 6.61 Å². The Hall–Kier alpha value is -0.130. The molecular weight excluding hydrogens is 355 g/mol. The number of fused-ring (bicyclic) bond motifs is 1. The predicted molar refractivity (Wildman–Crippen MR) is 70.3 cm³/mol. The second-order valence-electron chi connectivity index (χ2n) is 3.04. The third-order valence-corrected chi connectivity index (χ3v) is 4.00. The molecule has 0 aliphatic carbocycles. The van der Waals surface area contributed by atoms with Gasteiger partial charge in [0, 0.05) is 8.04 Å². The van der Waals surface area contributed by atoms with Gasteiger partial charge in [-0.3, -0.25) is 0 Å². The highest BCUT2D eigenvalue weighted by Gasteiger charge is 2.06. The number of halogens is 2. The van der Waals surface area contributed by atoms with Crippen molar-refractivity contribution in [3.8, 4) is 0 Å². The highest BCUT2D eigenvalue weighted by Crippen LogP contribution is 2.31. The molecule has 2 aromatic carbocycles. The van der Waals surface area contributed by atoms with E-state index in [4.69, 9.17) is 5.11 Å². The van der Waals surface area contributed by atoms with E-state index in [0.717, 1.165) is 15.4 Å². The van der Waals surface area contributed by atoms with Gasteiger partial charge in [0.25, 0.3) is 0 Å². The predicted octanol–water partition coefficient (Wildman–Crippen LogP) is 3.70. The monoisotopic (exact) mass is 362 g/mol. The van der Waals surface area contributed by atoms with E-state index < -0.39 is 0 Å². The van der Waals surface area contributed by atoms with Gasteiger partial charge < -0.3 is 5.11 Å². The van der Waals surface area contributed by atoms with Gasteiger partial charge in [0.15, 0.2) is 0 Å². The number of benzene rings is 2. The fraction of sp³-hybridized carbons (Fsp3) is 0.0909. The summed E-state index contributed by atoms with van der Waals surface area (Å²) in [4.78, 5) is 0. The number of aliphatic hydroxyl groups excluding tert-OH is 1. The van der Waals surface area contributed by atoms with Crippen LogP contribution in [0.5, 0.6) is 0 Å². The number of hydrogen-bond acceptors (Lipinski definition) is 1. The van der Waals surface area contributed by atoms with Crippen molar-refractivity contribution < 1.29 is 5.11 Å². The maximum absolute atomic E-state index is 9.17. The maximum atomic E-state index is 9.17. The third kappa shape index (κ3) is 1.68. The van der Waals surface area contributed by atoms with Gasteiger partial charge in [0.1, 0.15) is 0 Å². The first-order valence-electron chi connectivity index (χ1n) is 4.20. The molecule has 72 valence electrons. The zero-order valence-corrected chi connectivity index (χ0v) is 11.0. The molecule has 0 saturated heterocycles. The molecule has 0 heterocycles. The van der Waals surface area contributed by atoms with E-state index in [1.807, 2.05) is 18.2 Å². The molecule has 1 nitrogen and oxygen atoms in total. The van der Waals surface area contributed by atoms with Gasteiger partial charge in [-0.15, -0.1) is 0 Å². The van der Waals surface area contributed by atoms with E-state index in [-0.39, 0.29) is 6.61 Å². The Bertz CT molecular complexity index is 482. The molecular formula is C11H8BrIO. The van der Waals surface area contributed by atoms with Crippen LogP contribution in [0.15, 0.2) is 34.8 Å². The van der Waals surface area contributed by atoms with E-state index >= 15 is 0 Å². The van der Waals surface area contributed by atoms with Crippen LogP contribution in [0.1, 0.15) is 5.56 Å². The van der Waals surface area contributed by atoms with E-state index in [9.17, 15) is 0 Å². The molecule has 0 aliphatic rings. The normalized spacial score (nSPS) is 10.8. The van der Waals surface area contributed by atoms with Crippen LogP contribution < -0.4 is 0 Å². The number of hydrogen-bond donors (Lipinski definition) is 1. The van der Waals surface area contributed by atoms with Crippen LogP contribution in [0.4, 0.5) is 0 Å². The average Bonchev–Trinajstić information content (AvgIpc) is 2.23.